The zero-order chi connectivity index (χ0) is 9.03. The molecule has 0 bridgehead atoms. The first kappa shape index (κ1) is 9.95. The third-order valence-electron chi connectivity index (χ3n) is 1.97. The Morgan fingerprint density at radius 3 is 2.42 bits per heavy atom. The summed E-state index contributed by atoms with van der Waals surface area (Å²) >= 11 is 0. The second kappa shape index (κ2) is 4.20. The smallest absolute Gasteiger partial charge is 0.150 e. The molecule has 0 aliphatic carbocycles. The van der Waals surface area contributed by atoms with E-state index in [9.17, 15) is 8.42 Å². The number of hydrogen-bond donors (Lipinski definition) is 1. The minimum absolute atomic E-state index is 0.108. The molecule has 0 radical (unpaired) electrons. The molecule has 0 aromatic heterocycles. The molecule has 5 heteroatoms. The lowest BCUT2D eigenvalue weighted by Crippen LogP contribution is -2.30. The van der Waals surface area contributed by atoms with E-state index >= 15 is 0 Å². The zero-order valence-corrected chi connectivity index (χ0v) is 7.85. The SMILES string of the molecule is NCCOC1CCS(=O)(=O)CC1. The largest absolute Gasteiger partial charge is 0.377 e. The molecule has 0 aromatic carbocycles. The number of hydrogen-bond acceptors (Lipinski definition) is 4. The summed E-state index contributed by atoms with van der Waals surface area (Å²) in [6, 6.07) is 0. The minimum Gasteiger partial charge on any atom is -0.377 e. The normalized spacial score (nSPS) is 24.1. The molecule has 0 atom stereocenters. The van der Waals surface area contributed by atoms with E-state index in [0.717, 1.165) is 0 Å². The topological polar surface area (TPSA) is 69.4 Å². The van der Waals surface area contributed by atoms with Crippen molar-refractivity contribution in [3.8, 4) is 0 Å². The minimum atomic E-state index is -2.75. The molecule has 4 nitrogen and oxygen atoms in total. The highest BCUT2D eigenvalue weighted by Crippen LogP contribution is 2.14. The molecule has 0 spiro atoms. The van der Waals surface area contributed by atoms with Gasteiger partial charge in [0.05, 0.1) is 24.2 Å². The van der Waals surface area contributed by atoms with Crippen molar-refractivity contribution in [3.63, 3.8) is 0 Å². The lowest BCUT2D eigenvalue weighted by molar-refractivity contribution is 0.0523. The molecule has 12 heavy (non-hydrogen) atoms. The van der Waals surface area contributed by atoms with Crippen LogP contribution in [0.2, 0.25) is 0 Å². The van der Waals surface area contributed by atoms with E-state index in [1.165, 1.54) is 0 Å². The molecule has 1 aliphatic rings. The summed E-state index contributed by atoms with van der Waals surface area (Å²) < 4.78 is 27.3. The van der Waals surface area contributed by atoms with Crippen LogP contribution < -0.4 is 5.73 Å². The van der Waals surface area contributed by atoms with Crippen molar-refractivity contribution in [1.29, 1.82) is 0 Å². The summed E-state index contributed by atoms with van der Waals surface area (Å²) in [5.41, 5.74) is 5.26. The van der Waals surface area contributed by atoms with Crippen molar-refractivity contribution >= 4 is 9.84 Å². The van der Waals surface area contributed by atoms with Gasteiger partial charge in [-0.05, 0) is 12.8 Å². The summed E-state index contributed by atoms with van der Waals surface area (Å²) in [4.78, 5) is 0. The van der Waals surface area contributed by atoms with Crippen molar-refractivity contribution in [2.45, 2.75) is 18.9 Å². The Hall–Kier alpha value is -0.130. The summed E-state index contributed by atoms with van der Waals surface area (Å²) in [5, 5.41) is 0. The molecule has 2 N–H and O–H groups in total. The van der Waals surface area contributed by atoms with Gasteiger partial charge in [-0.2, -0.15) is 0 Å². The van der Waals surface area contributed by atoms with Crippen LogP contribution in [0.5, 0.6) is 0 Å². The third kappa shape index (κ3) is 3.08. The van der Waals surface area contributed by atoms with Gasteiger partial charge in [0.2, 0.25) is 0 Å². The zero-order valence-electron chi connectivity index (χ0n) is 7.03. The van der Waals surface area contributed by atoms with Gasteiger partial charge in [-0.15, -0.1) is 0 Å². The molecule has 1 fully saturated rings. The van der Waals surface area contributed by atoms with Gasteiger partial charge in [0, 0.05) is 6.54 Å². The van der Waals surface area contributed by atoms with Gasteiger partial charge < -0.3 is 10.5 Å². The number of nitrogens with two attached hydrogens (primary N) is 1. The van der Waals surface area contributed by atoms with Crippen LogP contribution in [0.25, 0.3) is 0 Å². The molecule has 1 aliphatic heterocycles. The Kier molecular flexibility index (Phi) is 3.49. The Morgan fingerprint density at radius 2 is 1.92 bits per heavy atom. The van der Waals surface area contributed by atoms with Gasteiger partial charge in [-0.25, -0.2) is 8.42 Å². The number of rotatable bonds is 3. The lowest BCUT2D eigenvalue weighted by atomic mass is 10.2. The van der Waals surface area contributed by atoms with E-state index in [4.69, 9.17) is 10.5 Å². The van der Waals surface area contributed by atoms with Crippen molar-refractivity contribution < 1.29 is 13.2 Å². The van der Waals surface area contributed by atoms with Gasteiger partial charge >= 0.3 is 0 Å². The average molecular weight is 193 g/mol. The van der Waals surface area contributed by atoms with Gasteiger partial charge in [-0.1, -0.05) is 0 Å². The van der Waals surface area contributed by atoms with Crippen molar-refractivity contribution in [2.75, 3.05) is 24.7 Å². The third-order valence-corrected chi connectivity index (χ3v) is 3.69. The fourth-order valence-corrected chi connectivity index (χ4v) is 2.72. The van der Waals surface area contributed by atoms with Gasteiger partial charge in [-0.3, -0.25) is 0 Å². The number of sulfone groups is 1. The highest BCUT2D eigenvalue weighted by atomic mass is 32.2. The molecule has 0 saturated carbocycles. The molecule has 1 rings (SSSR count). The predicted molar refractivity (Wildman–Crippen MR) is 46.7 cm³/mol. The highest BCUT2D eigenvalue weighted by Gasteiger charge is 2.23. The molecule has 1 saturated heterocycles. The van der Waals surface area contributed by atoms with Crippen LogP contribution in [0.15, 0.2) is 0 Å². The van der Waals surface area contributed by atoms with Crippen LogP contribution in [-0.2, 0) is 14.6 Å². The summed E-state index contributed by atoms with van der Waals surface area (Å²) in [5.74, 6) is 0.532. The van der Waals surface area contributed by atoms with E-state index in [2.05, 4.69) is 0 Å². The van der Waals surface area contributed by atoms with Gasteiger partial charge in [0.1, 0.15) is 0 Å². The fourth-order valence-electron chi connectivity index (χ4n) is 1.27. The van der Waals surface area contributed by atoms with Crippen molar-refractivity contribution in [2.24, 2.45) is 5.73 Å². The molecular formula is C7H15NO3S. The van der Waals surface area contributed by atoms with E-state index in [1.807, 2.05) is 0 Å². The maximum absolute atomic E-state index is 11.0. The standard InChI is InChI=1S/C7H15NO3S/c8-3-4-11-7-1-5-12(9,10)6-2-7/h7H,1-6,8H2. The Bertz CT molecular complexity index is 211. The molecule has 0 aromatic rings. The van der Waals surface area contributed by atoms with Crippen LogP contribution in [0.3, 0.4) is 0 Å². The maximum Gasteiger partial charge on any atom is 0.150 e. The van der Waals surface area contributed by atoms with Crippen molar-refractivity contribution in [1.82, 2.24) is 0 Å². The van der Waals surface area contributed by atoms with E-state index in [1.54, 1.807) is 0 Å². The monoisotopic (exact) mass is 193 g/mol. The lowest BCUT2D eigenvalue weighted by Gasteiger charge is -2.21. The van der Waals surface area contributed by atoms with Crippen LogP contribution in [0.4, 0.5) is 0 Å². The summed E-state index contributed by atoms with van der Waals surface area (Å²) in [7, 11) is -2.75. The molecule has 72 valence electrons. The summed E-state index contributed by atoms with van der Waals surface area (Å²) in [6.07, 6.45) is 1.36. The van der Waals surface area contributed by atoms with E-state index in [-0.39, 0.29) is 17.6 Å². The first-order chi connectivity index (χ1) is 5.64. The van der Waals surface area contributed by atoms with Crippen LogP contribution in [0, 0.1) is 0 Å². The van der Waals surface area contributed by atoms with Gasteiger partial charge in [0.15, 0.2) is 9.84 Å². The Morgan fingerprint density at radius 1 is 1.33 bits per heavy atom. The van der Waals surface area contributed by atoms with Crippen LogP contribution >= 0.6 is 0 Å². The molecule has 0 amide bonds. The van der Waals surface area contributed by atoms with Gasteiger partial charge in [0.25, 0.3) is 0 Å². The number of ether oxygens (including phenoxy) is 1. The predicted octanol–water partition coefficient (Wildman–Crippen LogP) is -0.461. The second-order valence-corrected chi connectivity index (χ2v) is 5.31. The first-order valence-corrected chi connectivity index (χ1v) is 5.98. The Labute approximate surface area is 73.0 Å². The van der Waals surface area contributed by atoms with E-state index < -0.39 is 9.84 Å². The molecule has 0 unspecified atom stereocenters. The maximum atomic E-state index is 11.0. The summed E-state index contributed by atoms with van der Waals surface area (Å²) in [6.45, 7) is 1.04. The van der Waals surface area contributed by atoms with Crippen LogP contribution in [0.1, 0.15) is 12.8 Å². The Balaban J connectivity index is 2.27. The second-order valence-electron chi connectivity index (χ2n) is 3.01. The van der Waals surface area contributed by atoms with Crippen molar-refractivity contribution in [3.05, 3.63) is 0 Å². The highest BCUT2D eigenvalue weighted by molar-refractivity contribution is 7.91. The quantitative estimate of drug-likeness (QED) is 0.658. The van der Waals surface area contributed by atoms with E-state index in [0.29, 0.717) is 26.0 Å². The molecule has 1 heterocycles. The molecular weight excluding hydrogens is 178 g/mol. The first-order valence-electron chi connectivity index (χ1n) is 4.16. The average Bonchev–Trinajstić information content (AvgIpc) is 2.03. The van der Waals surface area contributed by atoms with Crippen LogP contribution in [-0.4, -0.2) is 39.2 Å². The fraction of sp³-hybridized carbons (Fsp3) is 1.00.